The van der Waals surface area contributed by atoms with Crippen molar-refractivity contribution in [1.29, 1.82) is 0 Å². The summed E-state index contributed by atoms with van der Waals surface area (Å²) < 4.78 is 0. The van der Waals surface area contributed by atoms with Crippen LogP contribution in [-0.2, 0) is 0 Å². The topological polar surface area (TPSA) is 12.0 Å². The van der Waals surface area contributed by atoms with Crippen LogP contribution in [0.4, 0.5) is 0 Å². The van der Waals surface area contributed by atoms with Gasteiger partial charge in [-0.15, -0.1) is 11.6 Å². The zero-order valence-electron chi connectivity index (χ0n) is 7.81. The molecule has 1 saturated carbocycles. The smallest absolute Gasteiger partial charge is 0.0339 e. The minimum atomic E-state index is 0.407. The first-order valence-corrected chi connectivity index (χ1v) is 5.80. The maximum Gasteiger partial charge on any atom is 0.0339 e. The Hall–Kier alpha value is 0.280. The maximum absolute atomic E-state index is 6.09. The van der Waals surface area contributed by atoms with Crippen LogP contribution in [0.25, 0.3) is 0 Å². The van der Waals surface area contributed by atoms with E-state index in [-0.39, 0.29) is 0 Å². The Labute approximate surface area is 90.5 Å². The molecule has 3 heteroatoms. The molecule has 0 aliphatic heterocycles. The van der Waals surface area contributed by atoms with E-state index in [4.69, 9.17) is 23.2 Å². The van der Waals surface area contributed by atoms with Gasteiger partial charge in [0.2, 0.25) is 0 Å². The molecule has 0 aromatic rings. The molecule has 0 amide bonds. The van der Waals surface area contributed by atoms with E-state index in [1.54, 1.807) is 5.54 Å². The Bertz CT molecular complexity index is 159. The van der Waals surface area contributed by atoms with Crippen molar-refractivity contribution in [1.82, 2.24) is 5.32 Å². The lowest BCUT2D eigenvalue weighted by Gasteiger charge is -2.25. The van der Waals surface area contributed by atoms with Crippen molar-refractivity contribution in [3.05, 3.63) is 11.6 Å². The van der Waals surface area contributed by atoms with Gasteiger partial charge >= 0.3 is 0 Å². The predicted octanol–water partition coefficient (Wildman–Crippen LogP) is 3.13. The predicted molar refractivity (Wildman–Crippen MR) is 59.5 cm³/mol. The Balaban J connectivity index is 2.06. The average molecular weight is 222 g/mol. The Morgan fingerprint density at radius 2 is 2.23 bits per heavy atom. The largest absolute Gasteiger partial charge is 0.313 e. The van der Waals surface area contributed by atoms with E-state index in [9.17, 15) is 0 Å². The fourth-order valence-electron chi connectivity index (χ4n) is 1.83. The van der Waals surface area contributed by atoms with E-state index in [2.05, 4.69) is 5.32 Å². The molecule has 0 saturated heterocycles. The molecule has 1 fully saturated rings. The highest BCUT2D eigenvalue weighted by Gasteiger charge is 2.19. The molecule has 13 heavy (non-hydrogen) atoms. The number of hydrogen-bond donors (Lipinski definition) is 1. The molecule has 0 radical (unpaired) electrons. The van der Waals surface area contributed by atoms with Crippen LogP contribution >= 0.6 is 23.2 Å². The molecule has 1 aliphatic rings. The van der Waals surface area contributed by atoms with E-state index in [0.717, 1.165) is 19.0 Å². The van der Waals surface area contributed by atoms with E-state index in [1.165, 1.54) is 25.7 Å². The van der Waals surface area contributed by atoms with E-state index >= 15 is 0 Å². The van der Waals surface area contributed by atoms with Crippen molar-refractivity contribution >= 4 is 23.2 Å². The Kier molecular flexibility index (Phi) is 5.85. The molecule has 0 aromatic carbocycles. The van der Waals surface area contributed by atoms with Crippen LogP contribution in [0.3, 0.4) is 0 Å². The molecule has 0 aromatic heterocycles. The van der Waals surface area contributed by atoms with E-state index in [0.29, 0.717) is 5.38 Å². The van der Waals surface area contributed by atoms with Crippen LogP contribution in [0, 0.1) is 5.92 Å². The highest BCUT2D eigenvalue weighted by atomic mass is 35.5. The van der Waals surface area contributed by atoms with Gasteiger partial charge in [0.15, 0.2) is 0 Å². The summed E-state index contributed by atoms with van der Waals surface area (Å²) in [6, 6.07) is 0. The molecular formula is C10H17Cl2N. The van der Waals surface area contributed by atoms with Crippen molar-refractivity contribution in [2.24, 2.45) is 5.92 Å². The molecule has 0 heterocycles. The summed E-state index contributed by atoms with van der Waals surface area (Å²) in [5.74, 6) is 0.764. The molecule has 0 bridgehead atoms. The summed E-state index contributed by atoms with van der Waals surface area (Å²) >= 11 is 11.5. The number of halogens is 2. The molecule has 1 N–H and O–H groups in total. The third-order valence-electron chi connectivity index (χ3n) is 2.50. The van der Waals surface area contributed by atoms with Gasteiger partial charge in [0.25, 0.3) is 0 Å². The lowest BCUT2D eigenvalue weighted by atomic mass is 9.89. The number of rotatable bonds is 4. The normalized spacial score (nSPS) is 29.7. The zero-order chi connectivity index (χ0) is 9.52. The van der Waals surface area contributed by atoms with Crippen molar-refractivity contribution in [3.8, 4) is 0 Å². The highest BCUT2D eigenvalue weighted by molar-refractivity contribution is 6.25. The lowest BCUT2D eigenvalue weighted by Crippen LogP contribution is -2.27. The van der Waals surface area contributed by atoms with Gasteiger partial charge in [-0.1, -0.05) is 24.1 Å². The fourth-order valence-corrected chi connectivity index (χ4v) is 2.32. The van der Waals surface area contributed by atoms with E-state index in [1.807, 2.05) is 6.08 Å². The summed E-state index contributed by atoms with van der Waals surface area (Å²) in [5, 5.41) is 3.75. The van der Waals surface area contributed by atoms with Crippen LogP contribution in [0.15, 0.2) is 11.6 Å². The van der Waals surface area contributed by atoms with Gasteiger partial charge in [0.05, 0.1) is 0 Å². The van der Waals surface area contributed by atoms with Crippen LogP contribution in [0.1, 0.15) is 25.7 Å². The second kappa shape index (κ2) is 6.69. The molecule has 1 nitrogen and oxygen atoms in total. The first-order valence-electron chi connectivity index (χ1n) is 4.93. The molecule has 76 valence electrons. The van der Waals surface area contributed by atoms with Crippen LogP contribution < -0.4 is 5.32 Å². The van der Waals surface area contributed by atoms with Gasteiger partial charge in [-0.2, -0.15) is 0 Å². The monoisotopic (exact) mass is 221 g/mol. The van der Waals surface area contributed by atoms with Gasteiger partial charge in [0, 0.05) is 17.5 Å². The lowest BCUT2D eigenvalue weighted by molar-refractivity contribution is 0.351. The SMILES string of the molecule is Cl/C=C/CNCC1CCCC(Cl)C1. The third kappa shape index (κ3) is 4.90. The van der Waals surface area contributed by atoms with Crippen LogP contribution in [0.5, 0.6) is 0 Å². The van der Waals surface area contributed by atoms with Gasteiger partial charge in [-0.25, -0.2) is 0 Å². The second-order valence-corrected chi connectivity index (χ2v) is 4.52. The molecule has 2 unspecified atom stereocenters. The number of nitrogens with one attached hydrogen (secondary N) is 1. The first-order chi connectivity index (χ1) is 6.33. The minimum Gasteiger partial charge on any atom is -0.313 e. The molecule has 2 atom stereocenters. The van der Waals surface area contributed by atoms with Gasteiger partial charge < -0.3 is 5.32 Å². The fraction of sp³-hybridized carbons (Fsp3) is 0.800. The first kappa shape index (κ1) is 11.4. The Morgan fingerprint density at radius 1 is 1.38 bits per heavy atom. The average Bonchev–Trinajstić information content (AvgIpc) is 2.13. The highest BCUT2D eigenvalue weighted by Crippen LogP contribution is 2.27. The van der Waals surface area contributed by atoms with Crippen molar-refractivity contribution in [2.75, 3.05) is 13.1 Å². The summed E-state index contributed by atoms with van der Waals surface area (Å²) in [7, 11) is 0. The summed E-state index contributed by atoms with van der Waals surface area (Å²) in [6.45, 7) is 1.94. The van der Waals surface area contributed by atoms with Crippen molar-refractivity contribution in [3.63, 3.8) is 0 Å². The number of hydrogen-bond acceptors (Lipinski definition) is 1. The molecule has 0 spiro atoms. The molecule has 1 aliphatic carbocycles. The molecular weight excluding hydrogens is 205 g/mol. The quantitative estimate of drug-likeness (QED) is 0.569. The minimum absolute atomic E-state index is 0.407. The van der Waals surface area contributed by atoms with Crippen LogP contribution in [-0.4, -0.2) is 18.5 Å². The van der Waals surface area contributed by atoms with Gasteiger partial charge in [-0.3, -0.25) is 0 Å². The molecule has 1 rings (SSSR count). The van der Waals surface area contributed by atoms with Crippen LogP contribution in [0.2, 0.25) is 0 Å². The van der Waals surface area contributed by atoms with Crippen molar-refractivity contribution in [2.45, 2.75) is 31.1 Å². The Morgan fingerprint density at radius 3 is 2.92 bits per heavy atom. The third-order valence-corrected chi connectivity index (χ3v) is 3.08. The standard InChI is InChI=1S/C10H17Cl2N/c11-5-2-6-13-8-9-3-1-4-10(12)7-9/h2,5,9-10,13H,1,3-4,6-8H2/b5-2+. The summed E-state index contributed by atoms with van der Waals surface area (Å²) in [4.78, 5) is 0. The van der Waals surface area contributed by atoms with Gasteiger partial charge in [-0.05, 0) is 31.7 Å². The second-order valence-electron chi connectivity index (χ2n) is 3.65. The zero-order valence-corrected chi connectivity index (χ0v) is 9.32. The van der Waals surface area contributed by atoms with Crippen molar-refractivity contribution < 1.29 is 0 Å². The summed E-state index contributed by atoms with van der Waals surface area (Å²) in [5.41, 5.74) is 1.55. The summed E-state index contributed by atoms with van der Waals surface area (Å²) in [6.07, 6.45) is 6.88. The van der Waals surface area contributed by atoms with Gasteiger partial charge in [0.1, 0.15) is 0 Å². The number of alkyl halides is 1. The maximum atomic E-state index is 6.09. The van der Waals surface area contributed by atoms with E-state index < -0.39 is 0 Å².